The van der Waals surface area contributed by atoms with Gasteiger partial charge in [-0.25, -0.2) is 0 Å². The Morgan fingerprint density at radius 3 is 2.71 bits per heavy atom. The fraction of sp³-hybridized carbons (Fsp3) is 0.462. The maximum Gasteiger partial charge on any atom is 0.237 e. The molecule has 1 amide bonds. The van der Waals surface area contributed by atoms with Gasteiger partial charge in [0.05, 0.1) is 24.8 Å². The second-order valence-electron chi connectivity index (χ2n) is 4.88. The molecule has 3 rings (SSSR count). The van der Waals surface area contributed by atoms with E-state index in [4.69, 9.17) is 4.74 Å². The van der Waals surface area contributed by atoms with Crippen molar-refractivity contribution in [1.29, 1.82) is 0 Å². The van der Waals surface area contributed by atoms with Crippen LogP contribution < -0.4 is 10.6 Å². The molecule has 2 saturated heterocycles. The lowest BCUT2D eigenvalue weighted by Crippen LogP contribution is -2.74. The number of hydrogen-bond acceptors (Lipinski definition) is 3. The number of carbonyl (C=O) groups excluding carboxylic acids is 1. The van der Waals surface area contributed by atoms with Gasteiger partial charge in [-0.3, -0.25) is 10.1 Å². The average molecular weight is 232 g/mol. The largest absolute Gasteiger partial charge is 0.377 e. The predicted molar refractivity (Wildman–Crippen MR) is 63.6 cm³/mol. The first-order valence-corrected chi connectivity index (χ1v) is 5.95. The maximum absolute atomic E-state index is 11.8. The zero-order chi connectivity index (χ0) is 11.7. The molecule has 2 aliphatic heterocycles. The Labute approximate surface area is 100 Å². The third-order valence-electron chi connectivity index (χ3n) is 3.44. The van der Waals surface area contributed by atoms with E-state index in [0.29, 0.717) is 19.8 Å². The zero-order valence-corrected chi connectivity index (χ0v) is 9.61. The first-order chi connectivity index (χ1) is 8.27. The van der Waals surface area contributed by atoms with Crippen LogP contribution in [0.1, 0.15) is 5.56 Å². The quantitative estimate of drug-likeness (QED) is 0.759. The number of carbonyl (C=O) groups is 1. The summed E-state index contributed by atoms with van der Waals surface area (Å²) in [6.07, 6.45) is 0.731. The number of nitrogens with one attached hydrogen (secondary N) is 2. The molecule has 90 valence electrons. The second kappa shape index (κ2) is 4.13. The van der Waals surface area contributed by atoms with Crippen LogP contribution in [0, 0.1) is 0 Å². The van der Waals surface area contributed by atoms with Gasteiger partial charge in [-0.05, 0) is 12.0 Å². The van der Waals surface area contributed by atoms with Crippen LogP contribution in [0.25, 0.3) is 0 Å². The summed E-state index contributed by atoms with van der Waals surface area (Å²) in [5.41, 5.74) is 1.16. The van der Waals surface area contributed by atoms with Crippen molar-refractivity contribution in [3.63, 3.8) is 0 Å². The Morgan fingerprint density at radius 1 is 1.29 bits per heavy atom. The molecule has 17 heavy (non-hydrogen) atoms. The fourth-order valence-electron chi connectivity index (χ4n) is 2.39. The fourth-order valence-corrected chi connectivity index (χ4v) is 2.39. The molecule has 1 spiro atoms. The monoisotopic (exact) mass is 232 g/mol. The summed E-state index contributed by atoms with van der Waals surface area (Å²) in [7, 11) is 0. The summed E-state index contributed by atoms with van der Waals surface area (Å²) >= 11 is 0. The number of ether oxygens (including phenoxy) is 1. The van der Waals surface area contributed by atoms with E-state index in [9.17, 15) is 4.79 Å². The molecule has 0 aromatic heterocycles. The minimum Gasteiger partial charge on any atom is -0.377 e. The van der Waals surface area contributed by atoms with Crippen LogP contribution in [-0.2, 0) is 16.0 Å². The first kappa shape index (κ1) is 10.7. The van der Waals surface area contributed by atoms with Gasteiger partial charge in [-0.15, -0.1) is 0 Å². The van der Waals surface area contributed by atoms with Gasteiger partial charge in [0.25, 0.3) is 0 Å². The number of amides is 1. The van der Waals surface area contributed by atoms with Crippen molar-refractivity contribution in [2.24, 2.45) is 0 Å². The first-order valence-electron chi connectivity index (χ1n) is 5.95. The number of benzene rings is 1. The summed E-state index contributed by atoms with van der Waals surface area (Å²) < 4.78 is 5.24. The van der Waals surface area contributed by atoms with Crippen LogP contribution >= 0.6 is 0 Å². The van der Waals surface area contributed by atoms with Gasteiger partial charge >= 0.3 is 0 Å². The highest BCUT2D eigenvalue weighted by atomic mass is 16.5. The predicted octanol–water partition coefficient (Wildman–Crippen LogP) is 0.0861. The van der Waals surface area contributed by atoms with E-state index < -0.39 is 0 Å². The maximum atomic E-state index is 11.8. The van der Waals surface area contributed by atoms with Gasteiger partial charge in [0.1, 0.15) is 0 Å². The van der Waals surface area contributed by atoms with Crippen molar-refractivity contribution < 1.29 is 9.53 Å². The van der Waals surface area contributed by atoms with E-state index in [1.807, 2.05) is 30.3 Å². The Bertz CT molecular complexity index is 415. The molecule has 1 aromatic rings. The van der Waals surface area contributed by atoms with E-state index in [1.165, 1.54) is 5.56 Å². The van der Waals surface area contributed by atoms with Crippen molar-refractivity contribution in [2.45, 2.75) is 18.0 Å². The third kappa shape index (κ3) is 2.06. The van der Waals surface area contributed by atoms with Gasteiger partial charge in [-0.2, -0.15) is 0 Å². The van der Waals surface area contributed by atoms with Gasteiger partial charge < -0.3 is 10.1 Å². The standard InChI is InChI=1S/C13H16N2O2/c16-12-11(6-10-4-2-1-3-5-10)15-13(7-14-12)8-17-9-13/h1-5,11,15H,6-9H2,(H,14,16)/t11-/m0/s1. The summed E-state index contributed by atoms with van der Waals surface area (Å²) in [4.78, 5) is 11.8. The van der Waals surface area contributed by atoms with Gasteiger partial charge in [0, 0.05) is 6.54 Å². The Hall–Kier alpha value is -1.39. The van der Waals surface area contributed by atoms with Crippen molar-refractivity contribution in [3.05, 3.63) is 35.9 Å². The van der Waals surface area contributed by atoms with Crippen LogP contribution in [0.2, 0.25) is 0 Å². The smallest absolute Gasteiger partial charge is 0.237 e. The molecule has 0 radical (unpaired) electrons. The highest BCUT2D eigenvalue weighted by molar-refractivity contribution is 5.83. The highest BCUT2D eigenvalue weighted by Gasteiger charge is 2.45. The van der Waals surface area contributed by atoms with Crippen LogP contribution in [0.4, 0.5) is 0 Å². The van der Waals surface area contributed by atoms with E-state index in [2.05, 4.69) is 10.6 Å². The highest BCUT2D eigenvalue weighted by Crippen LogP contribution is 2.20. The molecule has 4 nitrogen and oxygen atoms in total. The van der Waals surface area contributed by atoms with Crippen LogP contribution in [-0.4, -0.2) is 37.2 Å². The van der Waals surface area contributed by atoms with Crippen molar-refractivity contribution in [1.82, 2.24) is 10.6 Å². The molecular weight excluding hydrogens is 216 g/mol. The second-order valence-corrected chi connectivity index (χ2v) is 4.88. The van der Waals surface area contributed by atoms with E-state index in [1.54, 1.807) is 0 Å². The molecule has 2 fully saturated rings. The van der Waals surface area contributed by atoms with Crippen LogP contribution in [0.3, 0.4) is 0 Å². The summed E-state index contributed by atoms with van der Waals surface area (Å²) in [5.74, 6) is 0.0892. The SMILES string of the molecule is O=C1NCC2(COC2)N[C@H]1Cc1ccccc1. The molecule has 1 atom stereocenters. The molecule has 4 heteroatoms. The van der Waals surface area contributed by atoms with Crippen molar-refractivity contribution >= 4 is 5.91 Å². The number of hydrogen-bond donors (Lipinski definition) is 2. The molecule has 0 unspecified atom stereocenters. The molecule has 2 heterocycles. The topological polar surface area (TPSA) is 50.4 Å². The van der Waals surface area contributed by atoms with Crippen LogP contribution in [0.15, 0.2) is 30.3 Å². The molecule has 1 aromatic carbocycles. The minimum absolute atomic E-state index is 0.0205. The van der Waals surface area contributed by atoms with Crippen molar-refractivity contribution in [2.75, 3.05) is 19.8 Å². The van der Waals surface area contributed by atoms with Crippen molar-refractivity contribution in [3.8, 4) is 0 Å². The molecule has 0 bridgehead atoms. The normalized spacial score (nSPS) is 26.4. The Balaban J connectivity index is 1.70. The minimum atomic E-state index is -0.143. The molecule has 0 saturated carbocycles. The van der Waals surface area contributed by atoms with E-state index in [-0.39, 0.29) is 17.5 Å². The van der Waals surface area contributed by atoms with Gasteiger partial charge in [0.2, 0.25) is 5.91 Å². The molecule has 2 N–H and O–H groups in total. The molecular formula is C13H16N2O2. The molecule has 2 aliphatic rings. The Morgan fingerprint density at radius 2 is 2.06 bits per heavy atom. The molecule has 0 aliphatic carbocycles. The number of piperazine rings is 1. The zero-order valence-electron chi connectivity index (χ0n) is 9.61. The lowest BCUT2D eigenvalue weighted by molar-refractivity contribution is -0.136. The number of rotatable bonds is 2. The summed E-state index contributed by atoms with van der Waals surface area (Å²) in [6.45, 7) is 2.06. The van der Waals surface area contributed by atoms with E-state index >= 15 is 0 Å². The average Bonchev–Trinajstić information content (AvgIpc) is 2.31. The Kier molecular flexibility index (Phi) is 2.61. The lowest BCUT2D eigenvalue weighted by Gasteiger charge is -2.47. The summed E-state index contributed by atoms with van der Waals surface area (Å²) in [5, 5.41) is 6.39. The van der Waals surface area contributed by atoms with E-state index in [0.717, 1.165) is 6.42 Å². The van der Waals surface area contributed by atoms with Gasteiger partial charge in [-0.1, -0.05) is 30.3 Å². The lowest BCUT2D eigenvalue weighted by atomic mass is 9.91. The third-order valence-corrected chi connectivity index (χ3v) is 3.44. The van der Waals surface area contributed by atoms with Gasteiger partial charge in [0.15, 0.2) is 0 Å². The van der Waals surface area contributed by atoms with Crippen LogP contribution in [0.5, 0.6) is 0 Å². The summed E-state index contributed by atoms with van der Waals surface area (Å²) in [6, 6.07) is 9.94.